The molecule has 2 aromatic carbocycles. The maximum absolute atomic E-state index is 12.2. The van der Waals surface area contributed by atoms with Crippen LogP contribution in [0.3, 0.4) is 0 Å². The van der Waals surface area contributed by atoms with E-state index in [2.05, 4.69) is 10.0 Å². The fraction of sp³-hybridized carbons (Fsp3) is 0.294. The Morgan fingerprint density at radius 3 is 2.38 bits per heavy atom. The molecule has 0 aliphatic carbocycles. The largest absolute Gasteiger partial charge is 0.457 e. The molecule has 2 N–H and O–H groups in total. The van der Waals surface area contributed by atoms with Crippen LogP contribution in [0.1, 0.15) is 0 Å². The zero-order valence-corrected chi connectivity index (χ0v) is 16.7. The van der Waals surface area contributed by atoms with Crippen LogP contribution >= 0.6 is 24.0 Å². The van der Waals surface area contributed by atoms with Gasteiger partial charge in [0.05, 0.1) is 11.5 Å². The summed E-state index contributed by atoms with van der Waals surface area (Å²) in [6.07, 6.45) is 0. The van der Waals surface area contributed by atoms with Gasteiger partial charge >= 0.3 is 0 Å². The number of hydrogen-bond donors (Lipinski definition) is 2. The van der Waals surface area contributed by atoms with Gasteiger partial charge in [-0.1, -0.05) is 17.7 Å². The number of benzene rings is 2. The van der Waals surface area contributed by atoms with Gasteiger partial charge in [0, 0.05) is 31.8 Å². The van der Waals surface area contributed by atoms with E-state index in [1.165, 1.54) is 12.1 Å². The van der Waals surface area contributed by atoms with Gasteiger partial charge in [0.25, 0.3) is 0 Å². The first kappa shape index (κ1) is 22.7. The van der Waals surface area contributed by atoms with Crippen molar-refractivity contribution in [3.63, 3.8) is 0 Å². The van der Waals surface area contributed by atoms with Crippen molar-refractivity contribution < 1.29 is 17.9 Å². The molecule has 6 nitrogen and oxygen atoms in total. The second kappa shape index (κ2) is 11.4. The molecule has 2 rings (SSSR count). The predicted molar refractivity (Wildman–Crippen MR) is 105 cm³/mol. The van der Waals surface area contributed by atoms with Crippen molar-refractivity contribution in [2.75, 3.05) is 33.4 Å². The molecule has 0 saturated heterocycles. The molecule has 0 bridgehead atoms. The van der Waals surface area contributed by atoms with Crippen molar-refractivity contribution in [1.82, 2.24) is 10.0 Å². The van der Waals surface area contributed by atoms with E-state index < -0.39 is 10.0 Å². The number of sulfonamides is 1. The van der Waals surface area contributed by atoms with Gasteiger partial charge in [-0.25, -0.2) is 13.1 Å². The SMILES string of the molecule is COCCNCCNS(=O)(=O)c1ccc(Oc2cccc(Cl)c2)cc1.Cl. The highest BCUT2D eigenvalue weighted by atomic mass is 35.5. The maximum atomic E-state index is 12.2. The number of rotatable bonds is 10. The van der Waals surface area contributed by atoms with Crippen LogP contribution in [0.2, 0.25) is 5.02 Å². The molecule has 0 unspecified atom stereocenters. The maximum Gasteiger partial charge on any atom is 0.240 e. The van der Waals surface area contributed by atoms with Gasteiger partial charge in [-0.15, -0.1) is 12.4 Å². The van der Waals surface area contributed by atoms with Gasteiger partial charge < -0.3 is 14.8 Å². The summed E-state index contributed by atoms with van der Waals surface area (Å²) in [7, 11) is -1.93. The summed E-state index contributed by atoms with van der Waals surface area (Å²) >= 11 is 5.90. The highest BCUT2D eigenvalue weighted by molar-refractivity contribution is 7.89. The number of methoxy groups -OCH3 is 1. The normalized spacial score (nSPS) is 11.0. The quantitative estimate of drug-likeness (QED) is 0.577. The Morgan fingerprint density at radius 1 is 1.00 bits per heavy atom. The lowest BCUT2D eigenvalue weighted by molar-refractivity contribution is 0.199. The van der Waals surface area contributed by atoms with Crippen LogP contribution in [0.25, 0.3) is 0 Å². The van der Waals surface area contributed by atoms with E-state index >= 15 is 0 Å². The second-order valence-electron chi connectivity index (χ2n) is 5.17. The van der Waals surface area contributed by atoms with Crippen LogP contribution in [0, 0.1) is 0 Å². The molecule has 0 aliphatic rings. The molecule has 0 atom stereocenters. The van der Waals surface area contributed by atoms with Crippen molar-refractivity contribution in [3.05, 3.63) is 53.6 Å². The van der Waals surface area contributed by atoms with Crippen molar-refractivity contribution in [2.45, 2.75) is 4.90 Å². The van der Waals surface area contributed by atoms with Crippen LogP contribution in [0.15, 0.2) is 53.4 Å². The lowest BCUT2D eigenvalue weighted by atomic mass is 10.3. The molecule has 2 aromatic rings. The average Bonchev–Trinajstić information content (AvgIpc) is 2.58. The van der Waals surface area contributed by atoms with Gasteiger partial charge in [0.2, 0.25) is 10.0 Å². The van der Waals surface area contributed by atoms with Crippen molar-refractivity contribution >= 4 is 34.0 Å². The minimum Gasteiger partial charge on any atom is -0.457 e. The van der Waals surface area contributed by atoms with E-state index in [9.17, 15) is 8.42 Å². The third-order valence-corrected chi connectivity index (χ3v) is 4.95. The molecule has 0 aliphatic heterocycles. The fourth-order valence-corrected chi connectivity index (χ4v) is 3.22. The minimum atomic E-state index is -3.55. The van der Waals surface area contributed by atoms with Crippen LogP contribution in [0.5, 0.6) is 11.5 Å². The van der Waals surface area contributed by atoms with Crippen molar-refractivity contribution in [2.24, 2.45) is 0 Å². The molecule has 0 heterocycles. The summed E-state index contributed by atoms with van der Waals surface area (Å²) in [5.41, 5.74) is 0. The molecule has 0 amide bonds. The summed E-state index contributed by atoms with van der Waals surface area (Å²) < 4.78 is 37.5. The standard InChI is InChI=1S/C17H21ClN2O4S.ClH/c1-23-12-11-19-9-10-20-25(21,22)17-7-5-15(6-8-17)24-16-4-2-3-14(18)13-16;/h2-8,13,19-20H,9-12H2,1H3;1H. The van der Waals surface area contributed by atoms with E-state index in [1.807, 2.05) is 0 Å². The Balaban J connectivity index is 0.00000338. The zero-order chi connectivity index (χ0) is 18.1. The molecular weight excluding hydrogens is 399 g/mol. The number of ether oxygens (including phenoxy) is 2. The first-order valence-electron chi connectivity index (χ1n) is 7.74. The van der Waals surface area contributed by atoms with Gasteiger partial charge in [-0.05, 0) is 42.5 Å². The van der Waals surface area contributed by atoms with Crippen LogP contribution in [-0.2, 0) is 14.8 Å². The highest BCUT2D eigenvalue weighted by Crippen LogP contribution is 2.25. The van der Waals surface area contributed by atoms with Gasteiger partial charge in [-0.3, -0.25) is 0 Å². The van der Waals surface area contributed by atoms with E-state index in [0.29, 0.717) is 42.8 Å². The van der Waals surface area contributed by atoms with Gasteiger partial charge in [0.1, 0.15) is 11.5 Å². The molecular formula is C17H22Cl2N2O4S. The average molecular weight is 421 g/mol. The zero-order valence-electron chi connectivity index (χ0n) is 14.3. The van der Waals surface area contributed by atoms with Crippen molar-refractivity contribution in [3.8, 4) is 11.5 Å². The third kappa shape index (κ3) is 7.49. The molecule has 0 aromatic heterocycles. The Kier molecular flexibility index (Phi) is 9.93. The van der Waals surface area contributed by atoms with Gasteiger partial charge in [-0.2, -0.15) is 0 Å². The Hall–Kier alpha value is -1.35. The first-order valence-corrected chi connectivity index (χ1v) is 9.60. The minimum absolute atomic E-state index is 0. The molecule has 0 radical (unpaired) electrons. The summed E-state index contributed by atoms with van der Waals surface area (Å²) in [4.78, 5) is 0.183. The van der Waals surface area contributed by atoms with Crippen LogP contribution < -0.4 is 14.8 Å². The predicted octanol–water partition coefficient (Wildman–Crippen LogP) is 3.07. The van der Waals surface area contributed by atoms with E-state index in [4.69, 9.17) is 21.1 Å². The second-order valence-corrected chi connectivity index (χ2v) is 7.37. The van der Waals surface area contributed by atoms with E-state index in [0.717, 1.165) is 0 Å². The number of nitrogens with one attached hydrogen (secondary N) is 2. The number of halogens is 2. The topological polar surface area (TPSA) is 76.7 Å². The molecule has 9 heteroatoms. The Labute approximate surface area is 165 Å². The monoisotopic (exact) mass is 420 g/mol. The highest BCUT2D eigenvalue weighted by Gasteiger charge is 2.13. The summed E-state index contributed by atoms with van der Waals surface area (Å²) in [5, 5.41) is 3.64. The molecule has 26 heavy (non-hydrogen) atoms. The summed E-state index contributed by atoms with van der Waals surface area (Å²) in [5.74, 6) is 1.12. The van der Waals surface area contributed by atoms with E-state index in [-0.39, 0.29) is 17.3 Å². The fourth-order valence-electron chi connectivity index (χ4n) is 2.01. The summed E-state index contributed by atoms with van der Waals surface area (Å²) in [6.45, 7) is 2.08. The molecule has 0 fully saturated rings. The first-order chi connectivity index (χ1) is 12.0. The van der Waals surface area contributed by atoms with E-state index in [1.54, 1.807) is 43.5 Å². The Morgan fingerprint density at radius 2 is 1.73 bits per heavy atom. The molecule has 0 spiro atoms. The smallest absolute Gasteiger partial charge is 0.240 e. The summed E-state index contributed by atoms with van der Waals surface area (Å²) in [6, 6.07) is 13.2. The van der Waals surface area contributed by atoms with Crippen molar-refractivity contribution in [1.29, 1.82) is 0 Å². The molecule has 144 valence electrons. The Bertz CT molecular complexity index is 771. The van der Waals surface area contributed by atoms with Crippen LogP contribution in [-0.4, -0.2) is 41.8 Å². The number of hydrogen-bond acceptors (Lipinski definition) is 5. The third-order valence-electron chi connectivity index (χ3n) is 3.24. The lowest BCUT2D eigenvalue weighted by Crippen LogP contribution is -2.33. The van der Waals surface area contributed by atoms with Crippen LogP contribution in [0.4, 0.5) is 0 Å². The lowest BCUT2D eigenvalue weighted by Gasteiger charge is -2.09. The van der Waals surface area contributed by atoms with Gasteiger partial charge in [0.15, 0.2) is 0 Å². The molecule has 0 saturated carbocycles.